The molecule has 0 aliphatic rings. The van der Waals surface area contributed by atoms with Gasteiger partial charge in [0.1, 0.15) is 5.75 Å². The molecule has 0 amide bonds. The smallest absolute Gasteiger partial charge is 0.127 e. The number of benzene rings is 1. The molecule has 0 unspecified atom stereocenters. The van der Waals surface area contributed by atoms with Crippen molar-refractivity contribution in [3.8, 4) is 5.75 Å². The molecule has 0 atom stereocenters. The monoisotopic (exact) mass is 202 g/mol. The van der Waals surface area contributed by atoms with Crippen LogP contribution in [0.5, 0.6) is 5.75 Å². The summed E-state index contributed by atoms with van der Waals surface area (Å²) in [6.07, 6.45) is 4.05. The highest BCUT2D eigenvalue weighted by Crippen LogP contribution is 2.21. The fourth-order valence-corrected chi connectivity index (χ4v) is 1.22. The Balaban J connectivity index is 2.93. The summed E-state index contributed by atoms with van der Waals surface area (Å²) < 4.78 is 5.63. The molecule has 15 heavy (non-hydrogen) atoms. The van der Waals surface area contributed by atoms with Gasteiger partial charge in [-0.25, -0.2) is 0 Å². The summed E-state index contributed by atoms with van der Waals surface area (Å²) in [4.78, 5) is 0. The summed E-state index contributed by atoms with van der Waals surface area (Å²) in [5.74, 6) is 1.81. The van der Waals surface area contributed by atoms with Crippen LogP contribution in [0.15, 0.2) is 42.2 Å². The van der Waals surface area contributed by atoms with Gasteiger partial charge in [0, 0.05) is 0 Å². The van der Waals surface area contributed by atoms with E-state index in [1.165, 1.54) is 11.1 Å². The van der Waals surface area contributed by atoms with Crippen molar-refractivity contribution in [2.75, 3.05) is 0 Å². The van der Waals surface area contributed by atoms with E-state index in [0.717, 1.165) is 11.5 Å². The molecule has 0 N–H and O–H groups in total. The van der Waals surface area contributed by atoms with Gasteiger partial charge in [-0.15, -0.1) is 0 Å². The molecule has 0 saturated carbocycles. The average Bonchev–Trinajstić information content (AvgIpc) is 2.28. The van der Waals surface area contributed by atoms with Gasteiger partial charge in [0.2, 0.25) is 0 Å². The number of hydrogen-bond acceptors (Lipinski definition) is 1. The second-order valence-corrected chi connectivity index (χ2v) is 3.50. The second-order valence-electron chi connectivity index (χ2n) is 3.50. The van der Waals surface area contributed by atoms with Gasteiger partial charge in [0.25, 0.3) is 0 Å². The van der Waals surface area contributed by atoms with Gasteiger partial charge < -0.3 is 4.74 Å². The maximum Gasteiger partial charge on any atom is 0.127 e. The highest BCUT2D eigenvalue weighted by atomic mass is 16.5. The van der Waals surface area contributed by atoms with E-state index in [1.54, 1.807) is 0 Å². The molecule has 0 saturated heterocycles. The Morgan fingerprint density at radius 3 is 2.47 bits per heavy atom. The van der Waals surface area contributed by atoms with E-state index in [-0.39, 0.29) is 0 Å². The van der Waals surface area contributed by atoms with Crippen LogP contribution in [-0.4, -0.2) is 0 Å². The highest BCUT2D eigenvalue weighted by molar-refractivity contribution is 5.64. The molecule has 1 aromatic rings. The van der Waals surface area contributed by atoms with E-state index in [2.05, 4.69) is 25.1 Å². The number of hydrogen-bond donors (Lipinski definition) is 0. The molecule has 0 aliphatic heterocycles. The topological polar surface area (TPSA) is 9.23 Å². The molecular weight excluding hydrogens is 184 g/mol. The van der Waals surface area contributed by atoms with Gasteiger partial charge in [0.05, 0.1) is 5.76 Å². The first-order chi connectivity index (χ1) is 7.17. The van der Waals surface area contributed by atoms with Crippen LogP contribution in [0.25, 0.3) is 5.57 Å². The van der Waals surface area contributed by atoms with Crippen LogP contribution in [0.2, 0.25) is 0 Å². The molecule has 80 valence electrons. The van der Waals surface area contributed by atoms with Crippen molar-refractivity contribution in [3.05, 3.63) is 47.7 Å². The Hall–Kier alpha value is -1.50. The molecule has 0 bridgehead atoms. The lowest BCUT2D eigenvalue weighted by atomic mass is 10.1. The number of rotatable bonds is 3. The molecule has 0 radical (unpaired) electrons. The Bertz CT molecular complexity index is 386. The third-order valence-corrected chi connectivity index (χ3v) is 2.41. The van der Waals surface area contributed by atoms with Gasteiger partial charge in [-0.1, -0.05) is 18.2 Å². The van der Waals surface area contributed by atoms with Crippen molar-refractivity contribution in [1.29, 1.82) is 0 Å². The van der Waals surface area contributed by atoms with Crippen molar-refractivity contribution in [3.63, 3.8) is 0 Å². The maximum atomic E-state index is 5.63. The minimum absolute atomic E-state index is 0.893. The van der Waals surface area contributed by atoms with E-state index in [1.807, 2.05) is 39.0 Å². The lowest BCUT2D eigenvalue weighted by Gasteiger charge is -2.07. The summed E-state index contributed by atoms with van der Waals surface area (Å²) in [7, 11) is 0. The molecule has 0 aromatic heterocycles. The zero-order valence-corrected chi connectivity index (χ0v) is 9.87. The molecule has 1 rings (SSSR count). The highest BCUT2D eigenvalue weighted by Gasteiger charge is 1.98. The Morgan fingerprint density at radius 1 is 1.13 bits per heavy atom. The predicted molar refractivity (Wildman–Crippen MR) is 65.8 cm³/mol. The van der Waals surface area contributed by atoms with Crippen molar-refractivity contribution in [2.45, 2.75) is 27.7 Å². The van der Waals surface area contributed by atoms with Crippen LogP contribution in [0.4, 0.5) is 0 Å². The largest absolute Gasteiger partial charge is 0.462 e. The van der Waals surface area contributed by atoms with Crippen LogP contribution < -0.4 is 4.74 Å². The van der Waals surface area contributed by atoms with Crippen LogP contribution in [0.1, 0.15) is 33.3 Å². The molecule has 0 spiro atoms. The molecular formula is C14H18O. The molecule has 0 aliphatic carbocycles. The van der Waals surface area contributed by atoms with E-state index in [0.29, 0.717) is 0 Å². The normalized spacial score (nSPS) is 12.8. The third-order valence-electron chi connectivity index (χ3n) is 2.41. The quantitative estimate of drug-likeness (QED) is 0.659. The molecule has 1 nitrogen and oxygen atoms in total. The SMILES string of the molecule is CC=C(C)Oc1cccc(C(C)=CC)c1. The van der Waals surface area contributed by atoms with Crippen molar-refractivity contribution in [1.82, 2.24) is 0 Å². The van der Waals surface area contributed by atoms with Crippen LogP contribution in [-0.2, 0) is 0 Å². The molecule has 0 fully saturated rings. The fourth-order valence-electron chi connectivity index (χ4n) is 1.22. The summed E-state index contributed by atoms with van der Waals surface area (Å²) in [6, 6.07) is 8.13. The van der Waals surface area contributed by atoms with Gasteiger partial charge in [0.15, 0.2) is 0 Å². The first kappa shape index (κ1) is 11.6. The summed E-state index contributed by atoms with van der Waals surface area (Å²) in [6.45, 7) is 8.06. The summed E-state index contributed by atoms with van der Waals surface area (Å²) in [5.41, 5.74) is 2.47. The standard InChI is InChI=1S/C14H18O/c1-5-11(3)13-8-7-9-14(10-13)15-12(4)6-2/h5-10H,1-4H3. The zero-order chi connectivity index (χ0) is 11.3. The number of ether oxygens (including phenoxy) is 1. The van der Waals surface area contributed by atoms with E-state index in [9.17, 15) is 0 Å². The van der Waals surface area contributed by atoms with E-state index >= 15 is 0 Å². The first-order valence-corrected chi connectivity index (χ1v) is 5.21. The van der Waals surface area contributed by atoms with Crippen molar-refractivity contribution in [2.24, 2.45) is 0 Å². The lowest BCUT2D eigenvalue weighted by Crippen LogP contribution is -1.90. The van der Waals surface area contributed by atoms with Gasteiger partial charge in [-0.05, 0) is 57.0 Å². The van der Waals surface area contributed by atoms with E-state index in [4.69, 9.17) is 4.74 Å². The summed E-state index contributed by atoms with van der Waals surface area (Å²) in [5, 5.41) is 0. The molecule has 1 heteroatoms. The second kappa shape index (κ2) is 5.40. The van der Waals surface area contributed by atoms with Crippen molar-refractivity contribution < 1.29 is 4.74 Å². The lowest BCUT2D eigenvalue weighted by molar-refractivity contribution is 0.426. The first-order valence-electron chi connectivity index (χ1n) is 5.21. The van der Waals surface area contributed by atoms with Gasteiger partial charge in [-0.2, -0.15) is 0 Å². The average molecular weight is 202 g/mol. The van der Waals surface area contributed by atoms with Crippen LogP contribution in [0.3, 0.4) is 0 Å². The summed E-state index contributed by atoms with van der Waals surface area (Å²) >= 11 is 0. The van der Waals surface area contributed by atoms with E-state index < -0.39 is 0 Å². The third kappa shape index (κ3) is 3.28. The Kier molecular flexibility index (Phi) is 4.17. The van der Waals surface area contributed by atoms with Crippen molar-refractivity contribution >= 4 is 5.57 Å². The van der Waals surface area contributed by atoms with Gasteiger partial charge in [-0.3, -0.25) is 0 Å². The number of allylic oxidation sites excluding steroid dienone is 4. The van der Waals surface area contributed by atoms with Crippen LogP contribution in [0, 0.1) is 0 Å². The maximum absolute atomic E-state index is 5.63. The minimum atomic E-state index is 0.893. The molecule has 0 heterocycles. The van der Waals surface area contributed by atoms with Gasteiger partial charge >= 0.3 is 0 Å². The Morgan fingerprint density at radius 2 is 1.87 bits per heavy atom. The zero-order valence-electron chi connectivity index (χ0n) is 9.87. The Labute approximate surface area is 92.1 Å². The minimum Gasteiger partial charge on any atom is -0.462 e. The van der Waals surface area contributed by atoms with Crippen LogP contribution >= 0.6 is 0 Å². The predicted octanol–water partition coefficient (Wildman–Crippen LogP) is 4.41. The fraction of sp³-hybridized carbons (Fsp3) is 0.286. The molecule has 1 aromatic carbocycles.